The van der Waals surface area contributed by atoms with Crippen LogP contribution in [0.5, 0.6) is 0 Å². The van der Waals surface area contributed by atoms with Crippen molar-refractivity contribution in [3.8, 4) is 0 Å². The summed E-state index contributed by atoms with van der Waals surface area (Å²) in [6.45, 7) is 6.48. The van der Waals surface area contributed by atoms with Gasteiger partial charge in [-0.1, -0.05) is 74.5 Å². The van der Waals surface area contributed by atoms with E-state index in [0.717, 1.165) is 6.92 Å². The maximum atomic E-state index is 13.5. The SMILES string of the molecule is CC(=O)N[C@@H](Cc1ccccc1)C(=O)N[C@H](C(=O)N[C@H](C(=O)N[C@@H](CC(=O)O)C(=O)N[C@@H](C)C(=O)N[C@@H](CC(=O)O)C(=O)N[C@@H](Cc1ccccc1)C(=O)O)C(C)C)[C@H](C)O. The Kier molecular flexibility index (Phi) is 20.0. The molecule has 0 spiro atoms. The number of carbonyl (C=O) groups is 10. The summed E-state index contributed by atoms with van der Waals surface area (Å²) in [5.74, 6) is -12.3. The quantitative estimate of drug-likeness (QED) is 0.0543. The second kappa shape index (κ2) is 24.2. The van der Waals surface area contributed by atoms with Gasteiger partial charge in [-0.15, -0.1) is 0 Å². The second-order valence-corrected chi connectivity index (χ2v) is 14.5. The number of hydrogen-bond donors (Lipinski definition) is 11. The first-order valence-electron chi connectivity index (χ1n) is 19.1. The van der Waals surface area contributed by atoms with Crippen LogP contribution in [-0.4, -0.2) is 128 Å². The summed E-state index contributed by atoms with van der Waals surface area (Å²) in [4.78, 5) is 127. The summed E-state index contributed by atoms with van der Waals surface area (Å²) in [7, 11) is 0. The zero-order chi connectivity index (χ0) is 46.0. The number of hydrogen-bond acceptors (Lipinski definition) is 11. The van der Waals surface area contributed by atoms with Crippen LogP contribution in [0.15, 0.2) is 60.7 Å². The number of carboxylic acid groups (broad SMARTS) is 3. The Bertz CT molecular complexity index is 1890. The standard InChI is InChI=1S/C40H53N7O14/c1-20(2)32(46-39(59)33(22(4)48)47-37(57)26(42-23(5)49)16-24-12-8-6-9-13-24)38(58)44-27(18-30(50)51)35(55)41-21(3)34(54)43-28(19-31(52)53)36(56)45-29(40(60)61)17-25-14-10-7-11-15-25/h6-15,20-22,26-29,32-33,48H,16-19H2,1-5H3,(H,41,55)(H,42,49)(H,43,54)(H,44,58)(H,45,56)(H,46,59)(H,47,57)(H,50,51)(H,52,53)(H,60,61)/t21-,22-,26-,27-,28-,29-,32-,33-/m0/s1. The lowest BCUT2D eigenvalue weighted by Crippen LogP contribution is -2.62. The molecule has 2 rings (SSSR count). The molecule has 0 radical (unpaired) electrons. The van der Waals surface area contributed by atoms with E-state index in [2.05, 4.69) is 37.2 Å². The monoisotopic (exact) mass is 855 g/mol. The third kappa shape index (κ3) is 17.5. The molecule has 21 nitrogen and oxygen atoms in total. The van der Waals surface area contributed by atoms with E-state index in [-0.39, 0.29) is 12.8 Å². The second-order valence-electron chi connectivity index (χ2n) is 14.5. The highest BCUT2D eigenvalue weighted by atomic mass is 16.4. The van der Waals surface area contributed by atoms with Crippen molar-refractivity contribution in [1.82, 2.24) is 37.2 Å². The van der Waals surface area contributed by atoms with Crippen molar-refractivity contribution >= 4 is 59.3 Å². The van der Waals surface area contributed by atoms with Crippen molar-refractivity contribution in [2.45, 2.75) is 109 Å². The summed E-state index contributed by atoms with van der Waals surface area (Å²) in [5.41, 5.74) is 1.22. The van der Waals surface area contributed by atoms with Gasteiger partial charge in [0.25, 0.3) is 0 Å². The highest BCUT2D eigenvalue weighted by molar-refractivity contribution is 5.98. The van der Waals surface area contributed by atoms with Crippen molar-refractivity contribution in [3.63, 3.8) is 0 Å². The van der Waals surface area contributed by atoms with E-state index >= 15 is 0 Å². The molecule has 0 bridgehead atoms. The van der Waals surface area contributed by atoms with E-state index in [1.165, 1.54) is 27.7 Å². The van der Waals surface area contributed by atoms with Crippen molar-refractivity contribution in [2.24, 2.45) is 5.92 Å². The fourth-order valence-electron chi connectivity index (χ4n) is 5.77. The van der Waals surface area contributed by atoms with Gasteiger partial charge < -0.3 is 57.6 Å². The molecule has 332 valence electrons. The van der Waals surface area contributed by atoms with Crippen LogP contribution >= 0.6 is 0 Å². The van der Waals surface area contributed by atoms with E-state index in [9.17, 15) is 68.4 Å². The third-order valence-corrected chi connectivity index (χ3v) is 8.96. The van der Waals surface area contributed by atoms with Crippen molar-refractivity contribution in [1.29, 1.82) is 0 Å². The van der Waals surface area contributed by atoms with E-state index < -0.39 is 126 Å². The average Bonchev–Trinajstić information content (AvgIpc) is 3.17. The minimum Gasteiger partial charge on any atom is -0.481 e. The first-order valence-corrected chi connectivity index (χ1v) is 19.1. The molecule has 2 aromatic rings. The summed E-state index contributed by atoms with van der Waals surface area (Å²) < 4.78 is 0. The highest BCUT2D eigenvalue weighted by Crippen LogP contribution is 2.09. The largest absolute Gasteiger partial charge is 0.481 e. The van der Waals surface area contributed by atoms with Gasteiger partial charge in [0.05, 0.1) is 18.9 Å². The van der Waals surface area contributed by atoms with E-state index in [0.29, 0.717) is 11.1 Å². The minimum absolute atomic E-state index is 0.0331. The molecule has 7 amide bonds. The molecule has 0 aliphatic carbocycles. The molecule has 0 saturated heterocycles. The third-order valence-electron chi connectivity index (χ3n) is 8.96. The number of aliphatic hydroxyl groups excluding tert-OH is 1. The van der Waals surface area contributed by atoms with Gasteiger partial charge in [0.2, 0.25) is 41.4 Å². The molecule has 0 fully saturated rings. The van der Waals surface area contributed by atoms with Crippen LogP contribution in [0, 0.1) is 5.92 Å². The Hall–Kier alpha value is -6.90. The minimum atomic E-state index is -1.87. The molecule has 2 aromatic carbocycles. The lowest BCUT2D eigenvalue weighted by atomic mass is 10.0. The zero-order valence-electron chi connectivity index (χ0n) is 34.2. The Morgan fingerprint density at radius 3 is 1.30 bits per heavy atom. The molecule has 0 aromatic heterocycles. The molecular weight excluding hydrogens is 802 g/mol. The molecule has 61 heavy (non-hydrogen) atoms. The van der Waals surface area contributed by atoms with Crippen molar-refractivity contribution in [3.05, 3.63) is 71.8 Å². The first kappa shape index (κ1) is 50.2. The molecule has 8 atom stereocenters. The number of carbonyl (C=O) groups excluding carboxylic acids is 7. The van der Waals surface area contributed by atoms with Gasteiger partial charge in [0.1, 0.15) is 42.3 Å². The molecule has 0 heterocycles. The fourth-order valence-corrected chi connectivity index (χ4v) is 5.77. The lowest BCUT2D eigenvalue weighted by molar-refractivity contribution is -0.143. The zero-order valence-corrected chi connectivity index (χ0v) is 34.2. The van der Waals surface area contributed by atoms with Crippen LogP contribution in [0.2, 0.25) is 0 Å². The van der Waals surface area contributed by atoms with Crippen LogP contribution in [0.1, 0.15) is 58.6 Å². The van der Waals surface area contributed by atoms with Crippen LogP contribution in [0.3, 0.4) is 0 Å². The van der Waals surface area contributed by atoms with Gasteiger partial charge >= 0.3 is 17.9 Å². The maximum absolute atomic E-state index is 13.5. The summed E-state index contributed by atoms with van der Waals surface area (Å²) >= 11 is 0. The Morgan fingerprint density at radius 2 is 0.869 bits per heavy atom. The van der Waals surface area contributed by atoms with Gasteiger partial charge in [-0.2, -0.15) is 0 Å². The van der Waals surface area contributed by atoms with Gasteiger partial charge in [0.15, 0.2) is 0 Å². The fraction of sp³-hybridized carbons (Fsp3) is 0.450. The number of aliphatic hydroxyl groups is 1. The number of rotatable bonds is 24. The molecule has 0 saturated carbocycles. The average molecular weight is 856 g/mol. The predicted octanol–water partition coefficient (Wildman–Crippen LogP) is -2.02. The normalized spacial score (nSPS) is 14.8. The van der Waals surface area contributed by atoms with Gasteiger partial charge in [-0.25, -0.2) is 4.79 Å². The summed E-state index contributed by atoms with van der Waals surface area (Å²) in [6, 6.07) is 5.75. The Balaban J connectivity index is 2.18. The molecule has 0 aliphatic rings. The number of aliphatic carboxylic acids is 3. The van der Waals surface area contributed by atoms with E-state index in [4.69, 9.17) is 0 Å². The van der Waals surface area contributed by atoms with Crippen LogP contribution < -0.4 is 37.2 Å². The first-order chi connectivity index (χ1) is 28.6. The summed E-state index contributed by atoms with van der Waals surface area (Å²) in [6.07, 6.45) is -3.68. The van der Waals surface area contributed by atoms with Gasteiger partial charge in [-0.05, 0) is 30.9 Å². The number of carboxylic acids is 3. The van der Waals surface area contributed by atoms with Crippen molar-refractivity contribution in [2.75, 3.05) is 0 Å². The number of benzene rings is 2. The van der Waals surface area contributed by atoms with Gasteiger partial charge in [-0.3, -0.25) is 43.2 Å². The van der Waals surface area contributed by atoms with Crippen LogP contribution in [0.4, 0.5) is 0 Å². The molecule has 21 heteroatoms. The molecular formula is C40H53N7O14. The number of amides is 7. The molecule has 0 aliphatic heterocycles. The van der Waals surface area contributed by atoms with E-state index in [1.807, 2.05) is 0 Å². The lowest BCUT2D eigenvalue weighted by Gasteiger charge is -2.29. The Labute approximate surface area is 350 Å². The predicted molar refractivity (Wildman–Crippen MR) is 214 cm³/mol. The van der Waals surface area contributed by atoms with Crippen LogP contribution in [-0.2, 0) is 60.8 Å². The molecule has 0 unspecified atom stereocenters. The van der Waals surface area contributed by atoms with Crippen LogP contribution in [0.25, 0.3) is 0 Å². The number of nitrogens with one attached hydrogen (secondary N) is 7. The topological polar surface area (TPSA) is 336 Å². The smallest absolute Gasteiger partial charge is 0.326 e. The highest BCUT2D eigenvalue weighted by Gasteiger charge is 2.36. The van der Waals surface area contributed by atoms with Crippen molar-refractivity contribution < 1.29 is 68.4 Å². The Morgan fingerprint density at radius 1 is 0.475 bits per heavy atom. The van der Waals surface area contributed by atoms with Gasteiger partial charge in [0, 0.05) is 19.8 Å². The summed E-state index contributed by atoms with van der Waals surface area (Å²) in [5, 5.41) is 55.1. The maximum Gasteiger partial charge on any atom is 0.326 e. The molecule has 11 N–H and O–H groups in total. The van der Waals surface area contributed by atoms with E-state index in [1.54, 1.807) is 60.7 Å².